The maximum Gasteiger partial charge on any atom is 0.310 e. The van der Waals surface area contributed by atoms with Crippen LogP contribution in [0.25, 0.3) is 0 Å². The predicted octanol–water partition coefficient (Wildman–Crippen LogP) is 1.56. The Morgan fingerprint density at radius 3 is 2.71 bits per heavy atom. The molecule has 0 radical (unpaired) electrons. The molecule has 1 aliphatic rings. The van der Waals surface area contributed by atoms with E-state index < -0.39 is 11.4 Å². The Morgan fingerprint density at radius 2 is 2.24 bits per heavy atom. The Kier molecular flexibility index (Phi) is 5.40. The van der Waals surface area contributed by atoms with E-state index in [1.54, 1.807) is 13.8 Å². The van der Waals surface area contributed by atoms with Gasteiger partial charge in [0.15, 0.2) is 0 Å². The van der Waals surface area contributed by atoms with Crippen LogP contribution in [-0.4, -0.2) is 48.2 Å². The first-order valence-corrected chi connectivity index (χ1v) is 6.65. The fourth-order valence-electron chi connectivity index (χ4n) is 2.40. The van der Waals surface area contributed by atoms with Gasteiger partial charge < -0.3 is 15.3 Å². The van der Waals surface area contributed by atoms with Gasteiger partial charge >= 0.3 is 5.97 Å². The van der Waals surface area contributed by atoms with Crippen LogP contribution >= 0.6 is 0 Å². The molecule has 4 heteroatoms. The van der Waals surface area contributed by atoms with E-state index in [1.807, 2.05) is 0 Å². The number of hydrogen-bond acceptors (Lipinski definition) is 3. The van der Waals surface area contributed by atoms with Crippen molar-refractivity contribution in [1.29, 1.82) is 0 Å². The lowest BCUT2D eigenvalue weighted by atomic mass is 9.92. The van der Waals surface area contributed by atoms with E-state index in [9.17, 15) is 9.90 Å². The first-order chi connectivity index (χ1) is 7.95. The van der Waals surface area contributed by atoms with E-state index in [1.165, 1.54) is 12.8 Å². The van der Waals surface area contributed by atoms with Crippen LogP contribution in [0.3, 0.4) is 0 Å². The Labute approximate surface area is 104 Å². The largest absolute Gasteiger partial charge is 0.481 e. The van der Waals surface area contributed by atoms with Crippen molar-refractivity contribution in [2.45, 2.75) is 46.1 Å². The Bertz CT molecular complexity index is 248. The van der Waals surface area contributed by atoms with Crippen molar-refractivity contribution < 1.29 is 9.90 Å². The smallest absolute Gasteiger partial charge is 0.310 e. The van der Waals surface area contributed by atoms with Gasteiger partial charge in [-0.1, -0.05) is 6.92 Å². The van der Waals surface area contributed by atoms with Crippen molar-refractivity contribution in [3.8, 4) is 0 Å². The molecule has 2 N–H and O–H groups in total. The van der Waals surface area contributed by atoms with E-state index in [-0.39, 0.29) is 0 Å². The number of rotatable bonds is 7. The highest BCUT2D eigenvalue weighted by Gasteiger charge is 2.30. The van der Waals surface area contributed by atoms with Crippen molar-refractivity contribution >= 4 is 5.97 Å². The molecule has 0 amide bonds. The molecule has 0 saturated carbocycles. The van der Waals surface area contributed by atoms with Gasteiger partial charge in [-0.2, -0.15) is 0 Å². The molecule has 100 valence electrons. The van der Waals surface area contributed by atoms with Gasteiger partial charge in [-0.15, -0.1) is 0 Å². The van der Waals surface area contributed by atoms with Crippen LogP contribution in [0.1, 0.15) is 40.0 Å². The Hall–Kier alpha value is -0.610. The lowest BCUT2D eigenvalue weighted by Crippen LogP contribution is -2.44. The van der Waals surface area contributed by atoms with Gasteiger partial charge in [0.2, 0.25) is 0 Å². The maximum atomic E-state index is 11.2. The molecule has 1 fully saturated rings. The summed E-state index contributed by atoms with van der Waals surface area (Å²) in [7, 11) is 0. The second-order valence-corrected chi connectivity index (χ2v) is 5.72. The summed E-state index contributed by atoms with van der Waals surface area (Å²) in [5, 5.41) is 12.6. The number of aliphatic carboxylic acids is 1. The number of carbonyl (C=O) groups is 1. The molecule has 4 nitrogen and oxygen atoms in total. The van der Waals surface area contributed by atoms with Crippen LogP contribution < -0.4 is 5.32 Å². The third-order valence-electron chi connectivity index (χ3n) is 3.38. The lowest BCUT2D eigenvalue weighted by Gasteiger charge is -2.31. The molecule has 17 heavy (non-hydrogen) atoms. The minimum absolute atomic E-state index is 0.547. The molecule has 0 spiro atoms. The van der Waals surface area contributed by atoms with E-state index in [0.717, 1.165) is 26.1 Å². The SMILES string of the molecule is CCCN(CC1CCCN1)CC(C)(C)C(=O)O. The number of hydrogen-bond donors (Lipinski definition) is 2. The molecule has 0 aromatic carbocycles. The molecule has 1 saturated heterocycles. The van der Waals surface area contributed by atoms with Crippen molar-refractivity contribution in [3.05, 3.63) is 0 Å². The van der Waals surface area contributed by atoms with Gasteiger partial charge in [-0.25, -0.2) is 0 Å². The molecule has 1 rings (SSSR count). The van der Waals surface area contributed by atoms with Crippen molar-refractivity contribution in [3.63, 3.8) is 0 Å². The fraction of sp³-hybridized carbons (Fsp3) is 0.923. The predicted molar refractivity (Wildman–Crippen MR) is 69.2 cm³/mol. The average molecular weight is 242 g/mol. The van der Waals surface area contributed by atoms with Gasteiger partial charge in [0, 0.05) is 19.1 Å². The number of nitrogens with one attached hydrogen (secondary N) is 1. The maximum absolute atomic E-state index is 11.2. The Morgan fingerprint density at radius 1 is 1.53 bits per heavy atom. The highest BCUT2D eigenvalue weighted by atomic mass is 16.4. The first-order valence-electron chi connectivity index (χ1n) is 6.65. The summed E-state index contributed by atoms with van der Waals surface area (Å²) in [5.41, 5.74) is -0.659. The number of carboxylic acids is 1. The molecule has 1 unspecified atom stereocenters. The van der Waals surface area contributed by atoms with Crippen LogP contribution in [0.2, 0.25) is 0 Å². The zero-order valence-electron chi connectivity index (χ0n) is 11.3. The molecule has 1 atom stereocenters. The van der Waals surface area contributed by atoms with E-state index in [2.05, 4.69) is 17.1 Å². The molecule has 0 aromatic heterocycles. The van der Waals surface area contributed by atoms with Crippen LogP contribution in [0, 0.1) is 5.41 Å². The fourth-order valence-corrected chi connectivity index (χ4v) is 2.40. The summed E-state index contributed by atoms with van der Waals surface area (Å²) < 4.78 is 0. The molecule has 1 heterocycles. The minimum atomic E-state index is -0.710. The standard InChI is InChI=1S/C13H26N2O2/c1-4-8-15(9-11-6-5-7-14-11)10-13(2,3)12(16)17/h11,14H,4-10H2,1-3H3,(H,16,17). The summed E-state index contributed by atoms with van der Waals surface area (Å²) in [6, 6.07) is 0.547. The van der Waals surface area contributed by atoms with Gasteiger partial charge in [0.25, 0.3) is 0 Å². The third kappa shape index (κ3) is 4.64. The number of carboxylic acid groups (broad SMARTS) is 1. The molecule has 1 aliphatic heterocycles. The van der Waals surface area contributed by atoms with E-state index in [4.69, 9.17) is 0 Å². The number of nitrogens with zero attached hydrogens (tertiary/aromatic N) is 1. The highest BCUT2D eigenvalue weighted by Crippen LogP contribution is 2.18. The van der Waals surface area contributed by atoms with Gasteiger partial charge in [-0.05, 0) is 46.2 Å². The first kappa shape index (κ1) is 14.5. The van der Waals surface area contributed by atoms with Gasteiger partial charge in [-0.3, -0.25) is 4.79 Å². The minimum Gasteiger partial charge on any atom is -0.481 e. The molecule has 0 bridgehead atoms. The lowest BCUT2D eigenvalue weighted by molar-refractivity contribution is -0.148. The van der Waals surface area contributed by atoms with Crippen LogP contribution in [0.15, 0.2) is 0 Å². The monoisotopic (exact) mass is 242 g/mol. The van der Waals surface area contributed by atoms with Gasteiger partial charge in [0.1, 0.15) is 0 Å². The quantitative estimate of drug-likeness (QED) is 0.711. The summed E-state index contributed by atoms with van der Waals surface area (Å²) in [4.78, 5) is 13.4. The Balaban J connectivity index is 2.49. The molecule has 0 aliphatic carbocycles. The molecular weight excluding hydrogens is 216 g/mol. The zero-order valence-corrected chi connectivity index (χ0v) is 11.3. The molecule has 0 aromatic rings. The summed E-state index contributed by atoms with van der Waals surface area (Å²) in [6.07, 6.45) is 3.53. The summed E-state index contributed by atoms with van der Waals surface area (Å²) in [5.74, 6) is -0.710. The second-order valence-electron chi connectivity index (χ2n) is 5.72. The topological polar surface area (TPSA) is 52.6 Å². The highest BCUT2D eigenvalue weighted by molar-refractivity contribution is 5.73. The van der Waals surface area contributed by atoms with E-state index in [0.29, 0.717) is 12.6 Å². The zero-order chi connectivity index (χ0) is 12.9. The molecular formula is C13H26N2O2. The van der Waals surface area contributed by atoms with Crippen molar-refractivity contribution in [2.75, 3.05) is 26.2 Å². The van der Waals surface area contributed by atoms with Gasteiger partial charge in [0.05, 0.1) is 5.41 Å². The second kappa shape index (κ2) is 6.36. The van der Waals surface area contributed by atoms with Crippen molar-refractivity contribution in [1.82, 2.24) is 10.2 Å². The summed E-state index contributed by atoms with van der Waals surface area (Å²) in [6.45, 7) is 9.45. The average Bonchev–Trinajstić information content (AvgIpc) is 2.69. The van der Waals surface area contributed by atoms with Crippen LogP contribution in [0.5, 0.6) is 0 Å². The van der Waals surface area contributed by atoms with Crippen LogP contribution in [-0.2, 0) is 4.79 Å². The normalized spacial score (nSPS) is 21.1. The summed E-state index contributed by atoms with van der Waals surface area (Å²) >= 11 is 0. The van der Waals surface area contributed by atoms with E-state index >= 15 is 0 Å². The van der Waals surface area contributed by atoms with Crippen molar-refractivity contribution in [2.24, 2.45) is 5.41 Å². The third-order valence-corrected chi connectivity index (χ3v) is 3.38. The van der Waals surface area contributed by atoms with Crippen LogP contribution in [0.4, 0.5) is 0 Å².